The minimum atomic E-state index is -1.61. The molecule has 110 heavy (non-hydrogen) atoms. The number of anilines is 4. The zero-order valence-electron chi connectivity index (χ0n) is 64.6. The highest BCUT2D eigenvalue weighted by Crippen LogP contribution is 2.52. The molecule has 0 unspecified atom stereocenters. The summed E-state index contributed by atoms with van der Waals surface area (Å²) in [5, 5.41) is 24.4. The molecule has 0 saturated carbocycles. The Morgan fingerprint density at radius 2 is 1.03 bits per heavy atom. The Hall–Kier alpha value is -8.24. The average Bonchev–Trinajstić information content (AvgIpc) is 1.57. The average molecular weight is 1590 g/mol. The van der Waals surface area contributed by atoms with Gasteiger partial charge in [0, 0.05) is 78.3 Å². The van der Waals surface area contributed by atoms with Gasteiger partial charge in [0.15, 0.2) is 0 Å². The summed E-state index contributed by atoms with van der Waals surface area (Å²) in [6.07, 6.45) is 3.80. The van der Waals surface area contributed by atoms with E-state index in [0.717, 1.165) is 56.0 Å². The third kappa shape index (κ3) is 18.9. The molecular formula is C82H104Cl3FN6O18. The standard InChI is InChI=1S/C41H52ClN3O9.C40H48Cl2FN3O9.CH4/c1-22-11-10-12-32(51-9)41(50)20-31(52-35(47)21-41)25(4)37-40(6,54-37)33(19-34(46)45(8)30-18-27(15-22)16-24(3)36(30)42)53-39(49)26(5)44(7)38(48)28-13-14-29(43)23(2)17-28;1-20-10-9-11-31(52-8)40(51)18-30(53-34(48)19-40)22(3)36-39(5,55-36)32(17-33(47)46(7)29-14-24(12-20)13-21(2)35(29)42)54-38(50)23(4)45(6)37(49)25-15-27(43)28(44)16-26(25)41;/h10-14,16-18,25-26,31-33,37,50H,15,19-21,43H2,1-9H3;9-11,13-16,22-23,30-32,36,51H,12,17-19,44H2,1-8H3;1H4/b12-10+,22-11+;11-9+,20-10+;/t25-,26+,31+,32-,33+,37+,40+,41-;22-,23+,30+,31-,32+,36+,39+,40-;/m11./s1. The molecule has 0 aliphatic carbocycles. The fourth-order valence-electron chi connectivity index (χ4n) is 14.9. The van der Waals surface area contributed by atoms with Crippen molar-refractivity contribution in [2.24, 2.45) is 11.8 Å². The topological polar surface area (TPSA) is 322 Å². The highest BCUT2D eigenvalue weighted by Gasteiger charge is 2.66. The van der Waals surface area contributed by atoms with E-state index >= 15 is 0 Å². The number of fused-ring (bicyclic) bond motifs is 10. The molecule has 8 bridgehead atoms. The first-order valence-corrected chi connectivity index (χ1v) is 37.2. The van der Waals surface area contributed by atoms with E-state index in [1.165, 1.54) is 49.9 Å². The van der Waals surface area contributed by atoms with E-state index in [-0.39, 0.29) is 62.2 Å². The summed E-state index contributed by atoms with van der Waals surface area (Å²) in [4.78, 5) is 114. The molecule has 4 saturated heterocycles. The number of nitrogen functional groups attached to an aromatic ring is 2. The van der Waals surface area contributed by atoms with Gasteiger partial charge in [0.05, 0.1) is 75.6 Å². The number of nitrogens with two attached hydrogens (primary N) is 2. The molecule has 4 aromatic rings. The second-order valence-electron chi connectivity index (χ2n) is 30.4. The molecule has 4 fully saturated rings. The monoisotopic (exact) mass is 1580 g/mol. The van der Waals surface area contributed by atoms with Crippen molar-refractivity contribution < 1.29 is 90.9 Å². The van der Waals surface area contributed by atoms with Crippen LogP contribution in [0.25, 0.3) is 0 Å². The number of aliphatic hydroxyl groups is 2. The molecule has 6 heterocycles. The number of halogens is 4. The van der Waals surface area contributed by atoms with Crippen molar-refractivity contribution in [1.82, 2.24) is 9.80 Å². The van der Waals surface area contributed by atoms with Crippen molar-refractivity contribution in [2.45, 2.75) is 218 Å². The van der Waals surface area contributed by atoms with E-state index in [4.69, 9.17) is 84.2 Å². The van der Waals surface area contributed by atoms with Crippen LogP contribution in [0.5, 0.6) is 0 Å². The molecule has 0 radical (unpaired) electrons. The summed E-state index contributed by atoms with van der Waals surface area (Å²) in [5.74, 6) is -6.73. The minimum absolute atomic E-state index is 0. The van der Waals surface area contributed by atoms with Crippen LogP contribution in [0.3, 0.4) is 0 Å². The van der Waals surface area contributed by atoms with Crippen LogP contribution in [0.4, 0.5) is 27.1 Å². The fraction of sp³-hybridized carbons (Fsp3) is 0.512. The summed E-state index contributed by atoms with van der Waals surface area (Å²) in [6.45, 7) is 19.4. The molecular weight excluding hydrogens is 1480 g/mol. The van der Waals surface area contributed by atoms with Gasteiger partial charge in [-0.15, -0.1) is 0 Å². The molecule has 0 spiro atoms. The van der Waals surface area contributed by atoms with Crippen molar-refractivity contribution in [3.63, 3.8) is 0 Å². The maximum atomic E-state index is 14.3. The van der Waals surface area contributed by atoms with Gasteiger partial charge in [-0.2, -0.15) is 0 Å². The van der Waals surface area contributed by atoms with Crippen molar-refractivity contribution in [1.29, 1.82) is 0 Å². The molecule has 28 heteroatoms. The number of nitrogens with zero attached hydrogens (tertiary/aromatic N) is 4. The van der Waals surface area contributed by atoms with Crippen LogP contribution in [-0.2, 0) is 79.5 Å². The van der Waals surface area contributed by atoms with Crippen LogP contribution in [0.15, 0.2) is 102 Å². The third-order valence-corrected chi connectivity index (χ3v) is 23.5. The number of rotatable bonds is 10. The van der Waals surface area contributed by atoms with Gasteiger partial charge < -0.3 is 79.2 Å². The molecule has 6 N–H and O–H groups in total. The molecule has 6 aliphatic heterocycles. The first kappa shape index (κ1) is 87.3. The Morgan fingerprint density at radius 3 is 1.43 bits per heavy atom. The fourth-order valence-corrected chi connectivity index (χ4v) is 15.6. The number of hydrogen-bond acceptors (Lipinski definition) is 20. The number of epoxide rings is 2. The lowest BCUT2D eigenvalue weighted by Gasteiger charge is -2.41. The summed E-state index contributed by atoms with van der Waals surface area (Å²) in [7, 11) is 8.96. The molecule has 16 atom stereocenters. The molecule has 24 nitrogen and oxygen atoms in total. The van der Waals surface area contributed by atoms with Crippen molar-refractivity contribution in [2.75, 3.05) is 63.7 Å². The largest absolute Gasteiger partial charge is 0.462 e. The van der Waals surface area contributed by atoms with Crippen molar-refractivity contribution in [3.8, 4) is 0 Å². The summed E-state index contributed by atoms with van der Waals surface area (Å²) in [5.41, 5.74) is 13.3. The van der Waals surface area contributed by atoms with E-state index in [0.29, 0.717) is 45.5 Å². The Balaban J connectivity index is 0.000000274. The zero-order chi connectivity index (χ0) is 80.6. The predicted octanol–water partition coefficient (Wildman–Crippen LogP) is 11.7. The van der Waals surface area contributed by atoms with E-state index in [1.54, 1.807) is 91.2 Å². The minimum Gasteiger partial charge on any atom is -0.462 e. The Bertz CT molecular complexity index is 4360. The highest BCUT2D eigenvalue weighted by molar-refractivity contribution is 6.35. The van der Waals surface area contributed by atoms with Gasteiger partial charge in [-0.25, -0.2) is 14.0 Å². The van der Waals surface area contributed by atoms with Gasteiger partial charge in [0.25, 0.3) is 11.8 Å². The van der Waals surface area contributed by atoms with Crippen LogP contribution < -0.4 is 21.3 Å². The predicted molar refractivity (Wildman–Crippen MR) is 417 cm³/mol. The second kappa shape index (κ2) is 34.8. The summed E-state index contributed by atoms with van der Waals surface area (Å²) >= 11 is 19.8. The van der Waals surface area contributed by atoms with E-state index in [2.05, 4.69) is 0 Å². The summed E-state index contributed by atoms with van der Waals surface area (Å²) < 4.78 is 62.0. The smallest absolute Gasteiger partial charge is 0.328 e. The Labute approximate surface area is 658 Å². The first-order chi connectivity index (χ1) is 51.0. The van der Waals surface area contributed by atoms with Crippen molar-refractivity contribution in [3.05, 3.63) is 162 Å². The number of hydrogen-bond donors (Lipinski definition) is 4. The number of methoxy groups -OCH3 is 2. The number of amides is 4. The van der Waals surface area contributed by atoms with Crippen LogP contribution in [0, 0.1) is 38.4 Å². The molecule has 10 rings (SSSR count). The van der Waals surface area contributed by atoms with Gasteiger partial charge in [-0.05, 0) is 145 Å². The summed E-state index contributed by atoms with van der Waals surface area (Å²) in [6, 6.07) is 12.2. The quantitative estimate of drug-likeness (QED) is 0.0496. The number of likely N-dealkylation sites (N-methyl/N-ethyl adjacent to an activating group) is 2. The highest BCUT2D eigenvalue weighted by atomic mass is 35.5. The third-order valence-electron chi connectivity index (χ3n) is 22.2. The maximum Gasteiger partial charge on any atom is 0.328 e. The zero-order valence-corrected chi connectivity index (χ0v) is 66.9. The van der Waals surface area contributed by atoms with E-state index < -0.39 is 148 Å². The van der Waals surface area contributed by atoms with Gasteiger partial charge in [-0.1, -0.05) is 116 Å². The van der Waals surface area contributed by atoms with Gasteiger partial charge in [0.1, 0.15) is 76.9 Å². The van der Waals surface area contributed by atoms with Crippen LogP contribution >= 0.6 is 34.8 Å². The molecule has 4 amide bonds. The van der Waals surface area contributed by atoms with E-state index in [9.17, 15) is 53.0 Å². The normalized spacial score (nSPS) is 30.5. The van der Waals surface area contributed by atoms with E-state index in [1.807, 2.05) is 71.0 Å². The molecule has 6 aliphatic rings. The number of aryl methyl sites for hydroxylation is 3. The van der Waals surface area contributed by atoms with Crippen LogP contribution in [0.2, 0.25) is 15.1 Å². The number of benzene rings is 4. The Kier molecular flexibility index (Phi) is 27.6. The molecule has 598 valence electrons. The number of carbonyl (C=O) groups excluding carboxylic acids is 8. The van der Waals surface area contributed by atoms with Gasteiger partial charge in [0.2, 0.25) is 11.8 Å². The molecule has 4 aromatic carbocycles. The van der Waals surface area contributed by atoms with Crippen LogP contribution in [0.1, 0.15) is 150 Å². The number of ether oxygens (including phenoxy) is 8. The lowest BCUT2D eigenvalue weighted by Crippen LogP contribution is -2.53. The SMILES string of the molecule is C.CO[C@@H]1/C=C/C=C(\C)Cc2cc(C)c(Cl)c(c2)N(C)C(=O)C[C@H](OC(=O)[C@H](C)N(C)C(=O)c2cc(F)c(N)cc2Cl)[C@]2(C)O[C@H]2[C@H](C)[C@@H]2C[C@@]1(O)CC(=O)O2.CO[C@@H]1/C=C/C=C(\C)Cc2cc(C)c(Cl)c(c2)N(C)C(=O)C[C@H](OC(=O)[C@H](C)N(C)C(=O)c2ccc(N)c(C)c2)[C@]2(C)O[C@H]2[C@H](C)[C@@H]2C[C@@]1(O)CC(=O)O2. The first-order valence-electron chi connectivity index (χ1n) is 36.1. The second-order valence-corrected chi connectivity index (χ2v) is 31.6. The number of esters is 4. The Morgan fingerprint density at radius 1 is 0.618 bits per heavy atom. The number of carbonyl (C=O) groups is 8. The van der Waals surface area contributed by atoms with Gasteiger partial charge in [-0.3, -0.25) is 28.8 Å². The van der Waals surface area contributed by atoms with Crippen molar-refractivity contribution >= 4 is 105 Å². The number of allylic oxidation sites excluding steroid dienone is 6. The lowest BCUT2D eigenvalue weighted by atomic mass is 9.78. The molecule has 0 aromatic heterocycles. The lowest BCUT2D eigenvalue weighted by molar-refractivity contribution is -0.188. The maximum absolute atomic E-state index is 14.3. The van der Waals surface area contributed by atoms with Crippen LogP contribution in [-0.4, -0.2) is 193 Å². The van der Waals surface area contributed by atoms with Gasteiger partial charge >= 0.3 is 23.9 Å².